The minimum atomic E-state index is -3.69. The van der Waals surface area contributed by atoms with Crippen molar-refractivity contribution in [2.24, 2.45) is 0 Å². The van der Waals surface area contributed by atoms with Gasteiger partial charge in [-0.15, -0.1) is 4.28 Å². The number of fused-ring (bicyclic) bond motifs is 2. The van der Waals surface area contributed by atoms with Crippen molar-refractivity contribution in [3.63, 3.8) is 0 Å². The highest BCUT2D eigenvalue weighted by Crippen LogP contribution is 2.49. The number of nitrogens with zero attached hydrogens (tertiary/aromatic N) is 1. The largest absolute Gasteiger partial charge is 0.453 e. The van der Waals surface area contributed by atoms with Crippen LogP contribution in [0.5, 0.6) is 11.5 Å². The summed E-state index contributed by atoms with van der Waals surface area (Å²) in [4.78, 5) is 0. The molecule has 1 aliphatic heterocycles. The highest BCUT2D eigenvalue weighted by Gasteiger charge is 2.31. The summed E-state index contributed by atoms with van der Waals surface area (Å²) >= 11 is 0. The Morgan fingerprint density at radius 1 is 1.04 bits per heavy atom. The molecule has 0 amide bonds. The first-order valence-electron chi connectivity index (χ1n) is 8.64. The standard InChI is InChI=1S/C19H23NO4S/c1-4-11-25(21,22)24-20-16-9-7-8-10-17(16)23-18-13-14(5-2)12-15(6-3)19(18)20/h7-10,12-13H,4-6,11H2,1-3H3. The van der Waals surface area contributed by atoms with E-state index in [0.29, 0.717) is 29.3 Å². The Balaban J connectivity index is 2.17. The highest BCUT2D eigenvalue weighted by atomic mass is 32.2. The van der Waals surface area contributed by atoms with Crippen LogP contribution in [0, 0.1) is 0 Å². The predicted octanol–water partition coefficient (Wildman–Crippen LogP) is 4.73. The van der Waals surface area contributed by atoms with Gasteiger partial charge in [-0.3, -0.25) is 0 Å². The zero-order valence-corrected chi connectivity index (χ0v) is 15.6. The van der Waals surface area contributed by atoms with Crippen molar-refractivity contribution in [3.8, 4) is 11.5 Å². The van der Waals surface area contributed by atoms with Crippen LogP contribution in [-0.4, -0.2) is 14.2 Å². The van der Waals surface area contributed by atoms with Crippen LogP contribution >= 0.6 is 0 Å². The minimum Gasteiger partial charge on any atom is -0.453 e. The molecular weight excluding hydrogens is 338 g/mol. The Hall–Kier alpha value is -2.05. The maximum Gasteiger partial charge on any atom is 0.288 e. The Kier molecular flexibility index (Phi) is 5.01. The van der Waals surface area contributed by atoms with Gasteiger partial charge in [0.2, 0.25) is 0 Å². The molecule has 1 heterocycles. The van der Waals surface area contributed by atoms with Crippen LogP contribution in [0.1, 0.15) is 38.3 Å². The molecule has 0 N–H and O–H groups in total. The molecule has 0 saturated heterocycles. The summed E-state index contributed by atoms with van der Waals surface area (Å²) in [5, 5.41) is 1.41. The molecule has 0 fully saturated rings. The topological polar surface area (TPSA) is 55.8 Å². The molecule has 0 aromatic heterocycles. The Morgan fingerprint density at radius 3 is 2.48 bits per heavy atom. The molecule has 25 heavy (non-hydrogen) atoms. The van der Waals surface area contributed by atoms with Gasteiger partial charge in [-0.05, 0) is 48.6 Å². The van der Waals surface area contributed by atoms with Crippen LogP contribution in [0.25, 0.3) is 0 Å². The summed E-state index contributed by atoms with van der Waals surface area (Å²) in [6.45, 7) is 5.93. The Labute approximate surface area is 149 Å². The van der Waals surface area contributed by atoms with E-state index in [0.717, 1.165) is 24.0 Å². The molecule has 0 spiro atoms. The van der Waals surface area contributed by atoms with Crippen molar-refractivity contribution in [2.45, 2.75) is 40.0 Å². The SMILES string of the molecule is CCCS(=O)(=O)ON1c2ccccc2Oc2cc(CC)cc(CC)c21. The van der Waals surface area contributed by atoms with Gasteiger partial charge in [0.25, 0.3) is 10.1 Å². The first kappa shape index (κ1) is 17.8. The van der Waals surface area contributed by atoms with Crippen LogP contribution < -0.4 is 9.80 Å². The van der Waals surface area contributed by atoms with E-state index in [2.05, 4.69) is 13.0 Å². The van der Waals surface area contributed by atoms with E-state index in [4.69, 9.17) is 9.02 Å². The average Bonchev–Trinajstić information content (AvgIpc) is 2.60. The smallest absolute Gasteiger partial charge is 0.288 e. The maximum atomic E-state index is 12.3. The number of anilines is 2. The van der Waals surface area contributed by atoms with Crippen molar-refractivity contribution < 1.29 is 17.4 Å². The minimum absolute atomic E-state index is 0.0314. The van der Waals surface area contributed by atoms with E-state index in [1.165, 1.54) is 5.06 Å². The van der Waals surface area contributed by atoms with Gasteiger partial charge >= 0.3 is 0 Å². The molecule has 6 heteroatoms. The molecule has 3 rings (SSSR count). The zero-order chi connectivity index (χ0) is 18.0. The molecule has 0 saturated carbocycles. The van der Waals surface area contributed by atoms with Crippen LogP contribution in [0.2, 0.25) is 0 Å². The summed E-state index contributed by atoms with van der Waals surface area (Å²) < 4.78 is 36.2. The molecule has 0 bridgehead atoms. The van der Waals surface area contributed by atoms with Crippen molar-refractivity contribution in [1.29, 1.82) is 0 Å². The fourth-order valence-electron chi connectivity index (χ4n) is 2.94. The van der Waals surface area contributed by atoms with Crippen molar-refractivity contribution >= 4 is 21.5 Å². The van der Waals surface area contributed by atoms with Crippen LogP contribution in [-0.2, 0) is 27.2 Å². The second-order valence-corrected chi connectivity index (χ2v) is 7.68. The van der Waals surface area contributed by atoms with Gasteiger partial charge in [0.05, 0.1) is 5.75 Å². The number of hydrogen-bond acceptors (Lipinski definition) is 5. The molecule has 2 aromatic carbocycles. The van der Waals surface area contributed by atoms with Crippen molar-refractivity contribution in [3.05, 3.63) is 47.5 Å². The summed E-state index contributed by atoms with van der Waals surface area (Å²) in [5.74, 6) is 1.18. The first-order valence-corrected chi connectivity index (χ1v) is 10.2. The summed E-state index contributed by atoms with van der Waals surface area (Å²) in [7, 11) is -3.69. The van der Waals surface area contributed by atoms with Gasteiger partial charge in [-0.2, -0.15) is 13.5 Å². The molecule has 1 aliphatic rings. The molecule has 0 aliphatic carbocycles. The lowest BCUT2D eigenvalue weighted by molar-refractivity contribution is 0.307. The summed E-state index contributed by atoms with van der Waals surface area (Å²) in [6.07, 6.45) is 2.12. The second kappa shape index (κ2) is 7.06. The van der Waals surface area contributed by atoms with Gasteiger partial charge in [-0.25, -0.2) is 0 Å². The fraction of sp³-hybridized carbons (Fsp3) is 0.368. The van der Waals surface area contributed by atoms with Crippen LogP contribution in [0.3, 0.4) is 0 Å². The number of aryl methyl sites for hydroxylation is 2. The van der Waals surface area contributed by atoms with Crippen molar-refractivity contribution in [1.82, 2.24) is 0 Å². The third-order valence-electron chi connectivity index (χ3n) is 4.15. The molecule has 134 valence electrons. The average molecular weight is 361 g/mol. The number of hydrogen-bond donors (Lipinski definition) is 0. The van der Waals surface area contributed by atoms with Crippen LogP contribution in [0.4, 0.5) is 11.4 Å². The molecule has 2 aromatic rings. The lowest BCUT2D eigenvalue weighted by Crippen LogP contribution is -2.28. The third-order valence-corrected chi connectivity index (χ3v) is 5.44. The van der Waals surface area contributed by atoms with E-state index < -0.39 is 10.1 Å². The summed E-state index contributed by atoms with van der Waals surface area (Å²) in [5.41, 5.74) is 3.40. The number of rotatable bonds is 6. The van der Waals surface area contributed by atoms with Gasteiger partial charge in [-0.1, -0.05) is 39.0 Å². The fourth-order valence-corrected chi connectivity index (χ4v) is 3.90. The van der Waals surface area contributed by atoms with Gasteiger partial charge in [0, 0.05) is 0 Å². The lowest BCUT2D eigenvalue weighted by Gasteiger charge is -2.32. The van der Waals surface area contributed by atoms with E-state index in [1.807, 2.05) is 38.1 Å². The number of para-hydroxylation sites is 2. The van der Waals surface area contributed by atoms with Gasteiger partial charge in [0.15, 0.2) is 11.5 Å². The Bertz CT molecular complexity index is 877. The van der Waals surface area contributed by atoms with Gasteiger partial charge < -0.3 is 4.74 Å². The number of benzene rings is 2. The van der Waals surface area contributed by atoms with Crippen LogP contribution in [0.15, 0.2) is 36.4 Å². The van der Waals surface area contributed by atoms with E-state index in [-0.39, 0.29) is 5.75 Å². The van der Waals surface area contributed by atoms with E-state index >= 15 is 0 Å². The predicted molar refractivity (Wildman–Crippen MR) is 99.0 cm³/mol. The molecule has 5 nitrogen and oxygen atoms in total. The maximum absolute atomic E-state index is 12.3. The highest BCUT2D eigenvalue weighted by molar-refractivity contribution is 7.86. The quantitative estimate of drug-likeness (QED) is 0.745. The molecule has 0 radical (unpaired) electrons. The summed E-state index contributed by atoms with van der Waals surface area (Å²) in [6, 6.07) is 11.3. The molecule has 0 unspecified atom stereocenters. The zero-order valence-electron chi connectivity index (χ0n) is 14.8. The van der Waals surface area contributed by atoms with E-state index in [1.54, 1.807) is 6.07 Å². The van der Waals surface area contributed by atoms with Gasteiger partial charge in [0.1, 0.15) is 11.4 Å². The molecule has 0 atom stereocenters. The number of ether oxygens (including phenoxy) is 1. The Morgan fingerprint density at radius 2 is 1.80 bits per heavy atom. The second-order valence-electron chi connectivity index (χ2n) is 6.01. The van der Waals surface area contributed by atoms with Crippen molar-refractivity contribution in [2.75, 3.05) is 10.8 Å². The molecular formula is C19H23NO4S. The normalized spacial score (nSPS) is 13.2. The van der Waals surface area contributed by atoms with E-state index in [9.17, 15) is 8.42 Å². The first-order chi connectivity index (χ1) is 12.0. The lowest BCUT2D eigenvalue weighted by atomic mass is 10.0. The monoisotopic (exact) mass is 361 g/mol. The third kappa shape index (κ3) is 3.50.